The molecule has 12 heteroatoms. The van der Waals surface area contributed by atoms with Crippen molar-refractivity contribution in [1.29, 1.82) is 0 Å². The van der Waals surface area contributed by atoms with Gasteiger partial charge in [-0.2, -0.15) is 0 Å². The van der Waals surface area contributed by atoms with Crippen LogP contribution in [0.1, 0.15) is 99.4 Å². The molecule has 3 aliphatic rings. The van der Waals surface area contributed by atoms with Crippen molar-refractivity contribution in [1.82, 2.24) is 0 Å². The molecule has 4 rings (SSSR count). The van der Waals surface area contributed by atoms with Crippen molar-refractivity contribution in [2.24, 2.45) is 16.7 Å². The standard InChI is InChI=1S/C41H64O10Si2/c1-12-52(13-2,14-3)50-32-24-41(46,38(9,10)31(25-42)28(32)7)36(48-37(45)30-21-19-18-20-22-30)35-39(11,26-43)33(51-53(15-4,16-5)17-6)23-34-40(35,27-47-34)49-29(8)44/h18-22,25-26,32-36,46H,12-17,23-24,27H2,1-11H3/t32-,33-,34?,35-,36-,39+,40-,41+/m0/s1. The molecule has 1 heterocycles. The highest BCUT2D eigenvalue weighted by molar-refractivity contribution is 6.74. The Morgan fingerprint density at radius 3 is 1.92 bits per heavy atom. The fraction of sp³-hybridized carbons (Fsp3) is 0.707. The first-order valence-corrected chi connectivity index (χ1v) is 24.8. The number of rotatable bonds is 17. The Hall–Kier alpha value is -2.49. The summed E-state index contributed by atoms with van der Waals surface area (Å²) in [4.78, 5) is 54.5. The number of aldehydes is 2. The van der Waals surface area contributed by atoms with Gasteiger partial charge in [-0.05, 0) is 67.8 Å². The van der Waals surface area contributed by atoms with Crippen molar-refractivity contribution >= 4 is 41.1 Å². The van der Waals surface area contributed by atoms with Crippen LogP contribution in [0.15, 0.2) is 41.5 Å². The highest BCUT2D eigenvalue weighted by Gasteiger charge is 2.75. The Morgan fingerprint density at radius 2 is 1.47 bits per heavy atom. The van der Waals surface area contributed by atoms with Gasteiger partial charge in [-0.15, -0.1) is 0 Å². The monoisotopic (exact) mass is 772 g/mol. The zero-order chi connectivity index (χ0) is 39.6. The van der Waals surface area contributed by atoms with Crippen molar-refractivity contribution in [3.8, 4) is 0 Å². The summed E-state index contributed by atoms with van der Waals surface area (Å²) in [6.07, 6.45) is -1.71. The highest BCUT2D eigenvalue weighted by Crippen LogP contribution is 2.61. The molecule has 0 aromatic heterocycles. The summed E-state index contributed by atoms with van der Waals surface area (Å²) in [6.45, 7) is 21.1. The van der Waals surface area contributed by atoms with Crippen LogP contribution in [0.25, 0.3) is 0 Å². The average molecular weight is 773 g/mol. The first-order chi connectivity index (χ1) is 24.9. The highest BCUT2D eigenvalue weighted by atomic mass is 28.4. The molecule has 296 valence electrons. The number of aliphatic hydroxyl groups is 1. The predicted molar refractivity (Wildman–Crippen MR) is 208 cm³/mol. The van der Waals surface area contributed by atoms with Crippen LogP contribution in [0, 0.1) is 16.7 Å². The number of hydrogen-bond donors (Lipinski definition) is 1. The van der Waals surface area contributed by atoms with E-state index in [9.17, 15) is 24.3 Å². The second kappa shape index (κ2) is 16.3. The van der Waals surface area contributed by atoms with E-state index in [1.807, 2.05) is 6.92 Å². The molecule has 1 unspecified atom stereocenters. The van der Waals surface area contributed by atoms with E-state index in [2.05, 4.69) is 41.5 Å². The first-order valence-electron chi connectivity index (χ1n) is 19.7. The van der Waals surface area contributed by atoms with Crippen LogP contribution in [-0.4, -0.2) is 88.5 Å². The number of ether oxygens (including phenoxy) is 3. The molecule has 0 amide bonds. The zero-order valence-corrected chi connectivity index (χ0v) is 35.9. The lowest BCUT2D eigenvalue weighted by atomic mass is 9.49. The lowest BCUT2D eigenvalue weighted by Gasteiger charge is -2.66. The van der Waals surface area contributed by atoms with E-state index in [0.29, 0.717) is 5.57 Å². The van der Waals surface area contributed by atoms with Gasteiger partial charge in [0.25, 0.3) is 0 Å². The van der Waals surface area contributed by atoms with E-state index < -0.39 is 80.9 Å². The van der Waals surface area contributed by atoms with Gasteiger partial charge in [0.15, 0.2) is 22.2 Å². The van der Waals surface area contributed by atoms with Crippen molar-refractivity contribution in [2.75, 3.05) is 6.61 Å². The van der Waals surface area contributed by atoms with Crippen LogP contribution in [0.3, 0.4) is 0 Å². The third-order valence-electron chi connectivity index (χ3n) is 13.9. The molecule has 2 fully saturated rings. The summed E-state index contributed by atoms with van der Waals surface area (Å²) in [5, 5.41) is 13.7. The second-order valence-corrected chi connectivity index (χ2v) is 25.9. The third kappa shape index (κ3) is 7.33. The average Bonchev–Trinajstić information content (AvgIpc) is 3.14. The molecule has 1 aromatic rings. The second-order valence-electron chi connectivity index (χ2n) is 16.4. The van der Waals surface area contributed by atoms with E-state index in [1.54, 1.807) is 51.1 Å². The smallest absolute Gasteiger partial charge is 0.338 e. The largest absolute Gasteiger partial charge is 0.455 e. The molecule has 2 aliphatic carbocycles. The summed E-state index contributed by atoms with van der Waals surface area (Å²) >= 11 is 0. The van der Waals surface area contributed by atoms with E-state index >= 15 is 0 Å². The molecule has 0 radical (unpaired) electrons. The maximum absolute atomic E-state index is 14.3. The van der Waals surface area contributed by atoms with Gasteiger partial charge in [0.2, 0.25) is 0 Å². The normalized spacial score (nSPS) is 31.8. The van der Waals surface area contributed by atoms with Gasteiger partial charge < -0.3 is 33.0 Å². The minimum Gasteiger partial charge on any atom is -0.455 e. The molecule has 1 saturated carbocycles. The van der Waals surface area contributed by atoms with Gasteiger partial charge in [0, 0.05) is 30.8 Å². The Bertz CT molecular complexity index is 1500. The van der Waals surface area contributed by atoms with Crippen LogP contribution >= 0.6 is 0 Å². The van der Waals surface area contributed by atoms with Crippen molar-refractivity contribution < 1.29 is 47.3 Å². The molecule has 0 spiro atoms. The van der Waals surface area contributed by atoms with Gasteiger partial charge in [0.05, 0.1) is 35.7 Å². The van der Waals surface area contributed by atoms with Crippen LogP contribution in [-0.2, 0) is 37.4 Å². The molecule has 0 bridgehead atoms. The zero-order valence-electron chi connectivity index (χ0n) is 33.9. The van der Waals surface area contributed by atoms with Crippen LogP contribution in [0.2, 0.25) is 36.3 Å². The molecule has 1 N–H and O–H groups in total. The lowest BCUT2D eigenvalue weighted by molar-refractivity contribution is -0.340. The molecule has 1 aliphatic heterocycles. The van der Waals surface area contributed by atoms with E-state index in [4.69, 9.17) is 23.1 Å². The number of fused-ring (bicyclic) bond motifs is 1. The van der Waals surface area contributed by atoms with E-state index in [-0.39, 0.29) is 25.0 Å². The van der Waals surface area contributed by atoms with Gasteiger partial charge in [-0.25, -0.2) is 4.79 Å². The van der Waals surface area contributed by atoms with Crippen molar-refractivity contribution in [3.63, 3.8) is 0 Å². The summed E-state index contributed by atoms with van der Waals surface area (Å²) in [6, 6.07) is 13.5. The molecule has 53 heavy (non-hydrogen) atoms. The quantitative estimate of drug-likeness (QED) is 0.0959. The van der Waals surface area contributed by atoms with Gasteiger partial charge in [-0.1, -0.05) is 73.6 Å². The summed E-state index contributed by atoms with van der Waals surface area (Å²) in [7, 11) is -4.69. The van der Waals surface area contributed by atoms with E-state index in [1.165, 1.54) is 6.92 Å². The van der Waals surface area contributed by atoms with E-state index in [0.717, 1.165) is 54.4 Å². The fourth-order valence-corrected chi connectivity index (χ4v) is 15.5. The number of hydrogen-bond acceptors (Lipinski definition) is 10. The number of esters is 2. The molecular formula is C41H64O10Si2. The molecule has 1 aromatic carbocycles. The van der Waals surface area contributed by atoms with Gasteiger partial charge in [-0.3, -0.25) is 9.59 Å². The van der Waals surface area contributed by atoms with Crippen LogP contribution in [0.5, 0.6) is 0 Å². The topological polar surface area (TPSA) is 135 Å². The third-order valence-corrected chi connectivity index (χ3v) is 23.2. The minimum atomic E-state index is -2.37. The number of benzene rings is 1. The first kappa shape index (κ1) is 43.2. The van der Waals surface area contributed by atoms with Gasteiger partial charge in [0.1, 0.15) is 30.4 Å². The summed E-state index contributed by atoms with van der Waals surface area (Å²) in [5.41, 5.74) is -4.91. The molecule has 8 atom stereocenters. The Morgan fingerprint density at radius 1 is 0.925 bits per heavy atom. The number of carbonyl (C=O) groups is 4. The Balaban J connectivity index is 2.06. The Kier molecular flexibility index (Phi) is 13.3. The lowest BCUT2D eigenvalue weighted by Crippen LogP contribution is -2.80. The van der Waals surface area contributed by atoms with Gasteiger partial charge >= 0.3 is 11.9 Å². The maximum Gasteiger partial charge on any atom is 0.338 e. The van der Waals surface area contributed by atoms with Crippen LogP contribution in [0.4, 0.5) is 0 Å². The summed E-state index contributed by atoms with van der Waals surface area (Å²) in [5.74, 6) is -2.45. The summed E-state index contributed by atoms with van der Waals surface area (Å²) < 4.78 is 33.3. The molecule has 10 nitrogen and oxygen atoms in total. The fourth-order valence-electron chi connectivity index (χ4n) is 9.67. The maximum atomic E-state index is 14.3. The molecular weight excluding hydrogens is 709 g/mol. The number of carbonyl (C=O) groups excluding carboxylic acids is 4. The Labute approximate surface area is 319 Å². The van der Waals surface area contributed by atoms with Crippen molar-refractivity contribution in [2.45, 2.75) is 161 Å². The predicted octanol–water partition coefficient (Wildman–Crippen LogP) is 7.60. The van der Waals surface area contributed by atoms with Crippen molar-refractivity contribution in [3.05, 3.63) is 47.0 Å². The SMILES string of the molecule is CC[Si](CC)(CC)O[C@H]1C[C@@](O)([C@@H](OC(=O)c2ccccc2)[C@H]2[C@](C)(C=O)[C@@H](O[Si](CC)(CC)CC)CC3OC[C@]32OC(C)=O)C(C)(C)C(C=O)=C1C. The minimum absolute atomic E-state index is 0.0269. The van der Waals surface area contributed by atoms with Crippen LogP contribution < -0.4 is 0 Å². The molecule has 1 saturated heterocycles.